The first-order chi connectivity index (χ1) is 14.0. The number of hydrogen-bond acceptors (Lipinski definition) is 6. The second kappa shape index (κ2) is 9.16. The van der Waals surface area contributed by atoms with E-state index in [1.165, 1.54) is 6.07 Å². The van der Waals surface area contributed by atoms with Gasteiger partial charge in [-0.05, 0) is 45.5 Å². The average molecular weight is 395 g/mol. The van der Waals surface area contributed by atoms with E-state index in [0.717, 1.165) is 42.2 Å². The van der Waals surface area contributed by atoms with Crippen molar-refractivity contribution in [1.82, 2.24) is 25.5 Å². The number of carbonyl (C=O) groups excluding carboxylic acids is 2. The number of aryl methyl sites for hydroxylation is 1. The van der Waals surface area contributed by atoms with Gasteiger partial charge in [-0.1, -0.05) is 12.1 Å². The molecule has 3 aromatic rings. The molecule has 152 valence electrons. The SMILES string of the molecule is CNCCCc1c(NCC(=O)c2cccc(C(N)=O)c2)n[nH]c1-c1cnc(C)[nH]1. The number of hydrogen-bond donors (Lipinski definition) is 5. The number of amides is 1. The van der Waals surface area contributed by atoms with Gasteiger partial charge in [-0.2, -0.15) is 5.10 Å². The smallest absolute Gasteiger partial charge is 0.248 e. The number of nitrogens with zero attached hydrogens (tertiary/aromatic N) is 2. The van der Waals surface area contributed by atoms with Crippen molar-refractivity contribution in [3.63, 3.8) is 0 Å². The van der Waals surface area contributed by atoms with Crippen molar-refractivity contribution >= 4 is 17.5 Å². The second-order valence-corrected chi connectivity index (χ2v) is 6.74. The number of rotatable bonds is 10. The van der Waals surface area contributed by atoms with Gasteiger partial charge in [0.2, 0.25) is 5.91 Å². The summed E-state index contributed by atoms with van der Waals surface area (Å²) in [7, 11) is 1.91. The molecule has 0 aliphatic heterocycles. The van der Waals surface area contributed by atoms with Crippen LogP contribution in [0.1, 0.15) is 38.5 Å². The van der Waals surface area contributed by atoms with E-state index in [4.69, 9.17) is 5.73 Å². The number of H-pyrrole nitrogens is 2. The number of imidazole rings is 1. The number of aromatic amines is 2. The molecule has 0 saturated heterocycles. The molecule has 0 unspecified atom stereocenters. The van der Waals surface area contributed by atoms with Crippen molar-refractivity contribution in [3.8, 4) is 11.4 Å². The average Bonchev–Trinajstić information content (AvgIpc) is 3.32. The van der Waals surface area contributed by atoms with Crippen LogP contribution in [0.5, 0.6) is 0 Å². The van der Waals surface area contributed by atoms with Gasteiger partial charge in [0.1, 0.15) is 5.82 Å². The summed E-state index contributed by atoms with van der Waals surface area (Å²) >= 11 is 0. The highest BCUT2D eigenvalue weighted by Gasteiger charge is 2.17. The first kappa shape index (κ1) is 20.3. The Kier molecular flexibility index (Phi) is 6.40. The lowest BCUT2D eigenvalue weighted by Gasteiger charge is -2.08. The lowest BCUT2D eigenvalue weighted by Crippen LogP contribution is -2.17. The normalized spacial score (nSPS) is 10.8. The summed E-state index contributed by atoms with van der Waals surface area (Å²) in [6.45, 7) is 2.80. The first-order valence-electron chi connectivity index (χ1n) is 9.40. The van der Waals surface area contributed by atoms with Crippen molar-refractivity contribution in [3.05, 3.63) is 53.0 Å². The first-order valence-corrected chi connectivity index (χ1v) is 9.40. The van der Waals surface area contributed by atoms with Crippen LogP contribution < -0.4 is 16.4 Å². The van der Waals surface area contributed by atoms with Crippen molar-refractivity contribution in [2.45, 2.75) is 19.8 Å². The molecule has 9 heteroatoms. The van der Waals surface area contributed by atoms with Crippen LogP contribution in [0, 0.1) is 6.92 Å². The van der Waals surface area contributed by atoms with Crippen LogP contribution >= 0.6 is 0 Å². The standard InChI is InChI=1S/C20H25N7O2/c1-12-23-10-16(25-12)18-15(7-4-8-22-2)20(27-26-18)24-11-17(28)13-5-3-6-14(9-13)19(21)29/h3,5-6,9-10,22H,4,7-8,11H2,1-2H3,(H2,21,29)(H,23,25)(H2,24,26,27). The largest absolute Gasteiger partial charge is 0.366 e. The predicted molar refractivity (Wildman–Crippen MR) is 111 cm³/mol. The summed E-state index contributed by atoms with van der Waals surface area (Å²) in [6, 6.07) is 6.39. The maximum Gasteiger partial charge on any atom is 0.248 e. The van der Waals surface area contributed by atoms with E-state index in [1.807, 2.05) is 14.0 Å². The molecule has 0 radical (unpaired) electrons. The number of anilines is 1. The molecule has 0 saturated carbocycles. The van der Waals surface area contributed by atoms with Crippen molar-refractivity contribution in [2.24, 2.45) is 5.73 Å². The molecule has 9 nitrogen and oxygen atoms in total. The number of benzene rings is 1. The molecule has 29 heavy (non-hydrogen) atoms. The lowest BCUT2D eigenvalue weighted by atomic mass is 10.1. The Labute approximate surface area is 168 Å². The molecular weight excluding hydrogens is 370 g/mol. The summed E-state index contributed by atoms with van der Waals surface area (Å²) < 4.78 is 0. The number of Topliss-reactive ketones (excluding diaryl/α,β-unsaturated/α-hetero) is 1. The molecule has 1 aromatic carbocycles. The zero-order valence-electron chi connectivity index (χ0n) is 16.5. The highest BCUT2D eigenvalue weighted by molar-refractivity contribution is 6.02. The van der Waals surface area contributed by atoms with E-state index >= 15 is 0 Å². The fourth-order valence-corrected chi connectivity index (χ4v) is 3.08. The Morgan fingerprint density at radius 3 is 2.72 bits per heavy atom. The van der Waals surface area contributed by atoms with Gasteiger partial charge in [0.15, 0.2) is 11.6 Å². The molecule has 2 heterocycles. The molecular formula is C20H25N7O2. The number of nitrogens with one attached hydrogen (secondary N) is 4. The van der Waals surface area contributed by atoms with Gasteiger partial charge in [0.05, 0.1) is 24.1 Å². The minimum absolute atomic E-state index is 0.0491. The highest BCUT2D eigenvalue weighted by Crippen LogP contribution is 2.27. The quantitative estimate of drug-likeness (QED) is 0.261. The summed E-state index contributed by atoms with van der Waals surface area (Å²) in [4.78, 5) is 31.4. The van der Waals surface area contributed by atoms with Gasteiger partial charge < -0.3 is 21.4 Å². The maximum absolute atomic E-state index is 12.6. The topological polar surface area (TPSA) is 142 Å². The maximum atomic E-state index is 12.6. The van der Waals surface area contributed by atoms with Crippen molar-refractivity contribution in [1.29, 1.82) is 0 Å². The lowest BCUT2D eigenvalue weighted by molar-refractivity contribution is 0.1000. The highest BCUT2D eigenvalue weighted by atomic mass is 16.1. The summed E-state index contributed by atoms with van der Waals surface area (Å²) in [6.07, 6.45) is 3.45. The number of aromatic nitrogens is 4. The molecule has 2 aromatic heterocycles. The predicted octanol–water partition coefficient (Wildman–Crippen LogP) is 1.65. The molecule has 3 rings (SSSR count). The minimum Gasteiger partial charge on any atom is -0.366 e. The van der Waals surface area contributed by atoms with Crippen molar-refractivity contribution in [2.75, 3.05) is 25.5 Å². The van der Waals surface area contributed by atoms with Gasteiger partial charge in [-0.3, -0.25) is 14.7 Å². The van der Waals surface area contributed by atoms with Gasteiger partial charge in [0.25, 0.3) is 0 Å². The molecule has 0 atom stereocenters. The van der Waals surface area contributed by atoms with Gasteiger partial charge in [-0.15, -0.1) is 0 Å². The zero-order chi connectivity index (χ0) is 20.8. The fraction of sp³-hybridized carbons (Fsp3) is 0.300. The monoisotopic (exact) mass is 395 g/mol. The fourth-order valence-electron chi connectivity index (χ4n) is 3.08. The van der Waals surface area contributed by atoms with E-state index in [-0.39, 0.29) is 12.3 Å². The third-order valence-electron chi connectivity index (χ3n) is 4.58. The number of carbonyl (C=O) groups is 2. The van der Waals surface area contributed by atoms with E-state index in [2.05, 4.69) is 30.8 Å². The van der Waals surface area contributed by atoms with Gasteiger partial charge in [0, 0.05) is 16.7 Å². The summed E-state index contributed by atoms with van der Waals surface area (Å²) in [5.41, 5.74) is 8.71. The Bertz CT molecular complexity index is 1010. The summed E-state index contributed by atoms with van der Waals surface area (Å²) in [5, 5.41) is 13.7. The molecule has 0 fully saturated rings. The molecule has 0 aliphatic carbocycles. The van der Waals surface area contributed by atoms with E-state index in [9.17, 15) is 9.59 Å². The van der Waals surface area contributed by atoms with Crippen LogP contribution in [0.15, 0.2) is 30.5 Å². The van der Waals surface area contributed by atoms with E-state index < -0.39 is 5.91 Å². The second-order valence-electron chi connectivity index (χ2n) is 6.74. The number of ketones is 1. The van der Waals surface area contributed by atoms with Gasteiger partial charge >= 0.3 is 0 Å². The van der Waals surface area contributed by atoms with E-state index in [1.54, 1.807) is 24.4 Å². The Hall–Kier alpha value is -3.46. The van der Waals surface area contributed by atoms with Crippen LogP contribution in [0.3, 0.4) is 0 Å². The Balaban J connectivity index is 1.77. The molecule has 6 N–H and O–H groups in total. The molecule has 1 amide bonds. The molecule has 0 bridgehead atoms. The van der Waals surface area contributed by atoms with Gasteiger partial charge in [-0.25, -0.2) is 4.98 Å². The number of primary amides is 1. The molecule has 0 aliphatic rings. The molecule has 0 spiro atoms. The minimum atomic E-state index is -0.564. The zero-order valence-corrected chi connectivity index (χ0v) is 16.5. The van der Waals surface area contributed by atoms with Crippen LogP contribution in [-0.2, 0) is 6.42 Å². The van der Waals surface area contributed by atoms with Crippen molar-refractivity contribution < 1.29 is 9.59 Å². The third kappa shape index (κ3) is 4.88. The number of nitrogens with two attached hydrogens (primary N) is 1. The van der Waals surface area contributed by atoms with Crippen LogP contribution in [-0.4, -0.2) is 52.0 Å². The van der Waals surface area contributed by atoms with Crippen LogP contribution in [0.25, 0.3) is 11.4 Å². The van der Waals surface area contributed by atoms with E-state index in [0.29, 0.717) is 16.9 Å². The summed E-state index contributed by atoms with van der Waals surface area (Å²) in [5.74, 6) is 0.722. The van der Waals surface area contributed by atoms with Crippen LogP contribution in [0.2, 0.25) is 0 Å². The Morgan fingerprint density at radius 1 is 1.24 bits per heavy atom. The third-order valence-corrected chi connectivity index (χ3v) is 4.58. The van der Waals surface area contributed by atoms with Crippen LogP contribution in [0.4, 0.5) is 5.82 Å². The Morgan fingerprint density at radius 2 is 2.03 bits per heavy atom.